The first-order chi connectivity index (χ1) is 8.54. The summed E-state index contributed by atoms with van der Waals surface area (Å²) in [6.07, 6.45) is 0. The smallest absolute Gasteiger partial charge is 0.325 e. The van der Waals surface area contributed by atoms with Gasteiger partial charge in [-0.1, -0.05) is 12.1 Å². The van der Waals surface area contributed by atoms with Gasteiger partial charge in [0.1, 0.15) is 17.9 Å². The quantitative estimate of drug-likeness (QED) is 0.791. The van der Waals surface area contributed by atoms with Crippen LogP contribution in [0.15, 0.2) is 24.3 Å². The molecule has 0 aliphatic rings. The number of benzene rings is 1. The molecule has 0 saturated carbocycles. The molecule has 0 aromatic heterocycles. The van der Waals surface area contributed by atoms with Crippen molar-refractivity contribution < 1.29 is 19.4 Å². The van der Waals surface area contributed by atoms with E-state index in [1.54, 1.807) is 24.3 Å². The first kappa shape index (κ1) is 13.5. The molecule has 1 aromatic rings. The Balaban J connectivity index is 2.53. The number of carboxylic acid groups (broad SMARTS) is 1. The number of aliphatic carboxylic acids is 1. The summed E-state index contributed by atoms with van der Waals surface area (Å²) in [4.78, 5) is 21.9. The molecule has 0 aliphatic carbocycles. The number of rotatable bonds is 5. The number of carbonyl (C=O) groups excluding carboxylic acids is 1. The summed E-state index contributed by atoms with van der Waals surface area (Å²) in [6.45, 7) is 1.01. The average Bonchev–Trinajstić information content (AvgIpc) is 2.36. The Bertz CT molecular complexity index is 493. The van der Waals surface area contributed by atoms with Gasteiger partial charge in [-0.25, -0.2) is 0 Å². The Morgan fingerprint density at radius 2 is 2.17 bits per heavy atom. The van der Waals surface area contributed by atoms with Crippen LogP contribution in [0, 0.1) is 11.3 Å². The Hall–Kier alpha value is -2.55. The second-order valence-electron chi connectivity index (χ2n) is 3.52. The predicted octanol–water partition coefficient (Wildman–Crippen LogP) is 0.526. The van der Waals surface area contributed by atoms with Gasteiger partial charge < -0.3 is 15.2 Å². The number of amides is 1. The van der Waals surface area contributed by atoms with Crippen LogP contribution in [-0.4, -0.2) is 29.6 Å². The number of nitrogens with one attached hydrogen (secondary N) is 1. The molecule has 2 N–H and O–H groups in total. The van der Waals surface area contributed by atoms with Gasteiger partial charge in [-0.05, 0) is 19.1 Å². The molecule has 1 aromatic carbocycles. The number of ether oxygens (including phenoxy) is 1. The summed E-state index contributed by atoms with van der Waals surface area (Å²) in [7, 11) is 0. The van der Waals surface area contributed by atoms with Crippen molar-refractivity contribution in [1.82, 2.24) is 5.32 Å². The zero-order valence-corrected chi connectivity index (χ0v) is 9.71. The second kappa shape index (κ2) is 6.25. The summed E-state index contributed by atoms with van der Waals surface area (Å²) in [6, 6.07) is 7.43. The van der Waals surface area contributed by atoms with E-state index >= 15 is 0 Å². The van der Waals surface area contributed by atoms with Crippen LogP contribution in [0.25, 0.3) is 0 Å². The highest BCUT2D eigenvalue weighted by atomic mass is 16.5. The van der Waals surface area contributed by atoms with Gasteiger partial charge in [0, 0.05) is 0 Å². The van der Waals surface area contributed by atoms with Crippen LogP contribution in [-0.2, 0) is 9.59 Å². The Morgan fingerprint density at radius 3 is 2.78 bits per heavy atom. The zero-order valence-electron chi connectivity index (χ0n) is 9.71. The Labute approximate surface area is 104 Å². The molecule has 6 heteroatoms. The average molecular weight is 248 g/mol. The van der Waals surface area contributed by atoms with Crippen molar-refractivity contribution in [1.29, 1.82) is 5.26 Å². The van der Waals surface area contributed by atoms with Gasteiger partial charge >= 0.3 is 5.97 Å². The third kappa shape index (κ3) is 3.79. The van der Waals surface area contributed by atoms with Gasteiger partial charge in [0.15, 0.2) is 6.61 Å². The number of hydrogen-bond acceptors (Lipinski definition) is 4. The first-order valence-corrected chi connectivity index (χ1v) is 5.18. The minimum Gasteiger partial charge on any atom is -0.482 e. The fraction of sp³-hybridized carbons (Fsp3) is 0.250. The van der Waals surface area contributed by atoms with Crippen LogP contribution in [0.4, 0.5) is 0 Å². The van der Waals surface area contributed by atoms with E-state index in [1.165, 1.54) is 6.92 Å². The van der Waals surface area contributed by atoms with Gasteiger partial charge in [0.25, 0.3) is 5.91 Å². The molecule has 0 heterocycles. The molecule has 0 fully saturated rings. The number of para-hydroxylation sites is 1. The molecular formula is C12H12N2O4. The van der Waals surface area contributed by atoms with Crippen molar-refractivity contribution in [3.8, 4) is 11.8 Å². The van der Waals surface area contributed by atoms with E-state index in [1.807, 2.05) is 6.07 Å². The number of carbonyl (C=O) groups is 2. The number of hydrogen-bond donors (Lipinski definition) is 2. The third-order valence-electron chi connectivity index (χ3n) is 2.11. The SMILES string of the molecule is CC(NC(=O)COc1ccccc1C#N)C(=O)O. The maximum absolute atomic E-state index is 11.3. The van der Waals surface area contributed by atoms with Crippen molar-refractivity contribution >= 4 is 11.9 Å². The van der Waals surface area contributed by atoms with Gasteiger partial charge in [-0.3, -0.25) is 9.59 Å². The van der Waals surface area contributed by atoms with E-state index in [9.17, 15) is 9.59 Å². The molecule has 0 saturated heterocycles. The van der Waals surface area contributed by atoms with Crippen LogP contribution in [0.1, 0.15) is 12.5 Å². The lowest BCUT2D eigenvalue weighted by Crippen LogP contribution is -2.40. The number of nitrogens with zero attached hydrogens (tertiary/aromatic N) is 1. The summed E-state index contributed by atoms with van der Waals surface area (Å²) < 4.78 is 5.14. The zero-order chi connectivity index (χ0) is 13.5. The molecular weight excluding hydrogens is 236 g/mol. The third-order valence-corrected chi connectivity index (χ3v) is 2.11. The van der Waals surface area contributed by atoms with E-state index in [2.05, 4.69) is 5.32 Å². The van der Waals surface area contributed by atoms with E-state index < -0.39 is 17.9 Å². The largest absolute Gasteiger partial charge is 0.482 e. The highest BCUT2D eigenvalue weighted by Gasteiger charge is 2.14. The first-order valence-electron chi connectivity index (χ1n) is 5.18. The van der Waals surface area contributed by atoms with Crippen LogP contribution in [0.2, 0.25) is 0 Å². The van der Waals surface area contributed by atoms with E-state index in [-0.39, 0.29) is 12.4 Å². The Morgan fingerprint density at radius 1 is 1.50 bits per heavy atom. The summed E-state index contributed by atoms with van der Waals surface area (Å²) >= 11 is 0. The van der Waals surface area contributed by atoms with Crippen LogP contribution in [0.3, 0.4) is 0 Å². The standard InChI is InChI=1S/C12H12N2O4/c1-8(12(16)17)14-11(15)7-18-10-5-3-2-4-9(10)6-13/h2-5,8H,7H2,1H3,(H,14,15)(H,16,17). The highest BCUT2D eigenvalue weighted by Crippen LogP contribution is 2.16. The highest BCUT2D eigenvalue weighted by molar-refractivity contribution is 5.84. The van der Waals surface area contributed by atoms with E-state index in [4.69, 9.17) is 15.1 Å². The van der Waals surface area contributed by atoms with Gasteiger partial charge in [0.2, 0.25) is 0 Å². The topological polar surface area (TPSA) is 99.4 Å². The van der Waals surface area contributed by atoms with Crippen molar-refractivity contribution in [2.45, 2.75) is 13.0 Å². The predicted molar refractivity (Wildman–Crippen MR) is 61.9 cm³/mol. The van der Waals surface area contributed by atoms with E-state index in [0.29, 0.717) is 5.56 Å². The minimum atomic E-state index is -1.12. The molecule has 1 rings (SSSR count). The van der Waals surface area contributed by atoms with Crippen LogP contribution < -0.4 is 10.1 Å². The van der Waals surface area contributed by atoms with Gasteiger partial charge in [0.05, 0.1) is 5.56 Å². The summed E-state index contributed by atoms with van der Waals surface area (Å²) in [5.74, 6) is -1.39. The monoisotopic (exact) mass is 248 g/mol. The molecule has 18 heavy (non-hydrogen) atoms. The fourth-order valence-electron chi connectivity index (χ4n) is 1.17. The maximum atomic E-state index is 11.3. The molecule has 1 atom stereocenters. The van der Waals surface area contributed by atoms with Crippen molar-refractivity contribution in [3.63, 3.8) is 0 Å². The summed E-state index contributed by atoms with van der Waals surface area (Å²) in [5.41, 5.74) is 0.316. The molecule has 94 valence electrons. The molecule has 1 unspecified atom stereocenters. The van der Waals surface area contributed by atoms with Crippen LogP contribution in [0.5, 0.6) is 5.75 Å². The lowest BCUT2D eigenvalue weighted by atomic mass is 10.2. The molecule has 0 aliphatic heterocycles. The van der Waals surface area contributed by atoms with Crippen molar-refractivity contribution in [2.24, 2.45) is 0 Å². The second-order valence-corrected chi connectivity index (χ2v) is 3.52. The summed E-state index contributed by atoms with van der Waals surface area (Å²) in [5, 5.41) is 19.6. The van der Waals surface area contributed by atoms with Gasteiger partial charge in [-0.2, -0.15) is 5.26 Å². The minimum absolute atomic E-state index is 0.290. The molecule has 0 bridgehead atoms. The molecule has 0 radical (unpaired) electrons. The molecule has 6 nitrogen and oxygen atoms in total. The van der Waals surface area contributed by atoms with Crippen molar-refractivity contribution in [2.75, 3.05) is 6.61 Å². The molecule has 0 spiro atoms. The number of carboxylic acids is 1. The van der Waals surface area contributed by atoms with Crippen LogP contribution >= 0.6 is 0 Å². The van der Waals surface area contributed by atoms with E-state index in [0.717, 1.165) is 0 Å². The lowest BCUT2D eigenvalue weighted by Gasteiger charge is -2.10. The van der Waals surface area contributed by atoms with Crippen molar-refractivity contribution in [3.05, 3.63) is 29.8 Å². The maximum Gasteiger partial charge on any atom is 0.325 e. The number of nitriles is 1. The fourth-order valence-corrected chi connectivity index (χ4v) is 1.17. The molecule has 1 amide bonds. The Kier molecular flexibility index (Phi) is 4.69. The lowest BCUT2D eigenvalue weighted by molar-refractivity contribution is -0.141. The van der Waals surface area contributed by atoms with Gasteiger partial charge in [-0.15, -0.1) is 0 Å². The normalized spacial score (nSPS) is 11.1.